The molecule has 0 radical (unpaired) electrons. The van der Waals surface area contributed by atoms with E-state index < -0.39 is 24.2 Å². The zero-order valence-corrected chi connectivity index (χ0v) is 23.3. The van der Waals surface area contributed by atoms with E-state index in [0.717, 1.165) is 5.56 Å². The molecular formula is C31H38F3N3O3. The molecule has 3 rings (SSSR count). The maximum absolute atomic E-state index is 14.2. The first kappa shape index (κ1) is 30.8. The lowest BCUT2D eigenvalue weighted by atomic mass is 9.99. The van der Waals surface area contributed by atoms with Crippen molar-refractivity contribution in [2.45, 2.75) is 51.0 Å². The summed E-state index contributed by atoms with van der Waals surface area (Å²) in [6.07, 6.45) is -3.88. The van der Waals surface area contributed by atoms with Crippen LogP contribution in [0.5, 0.6) is 11.5 Å². The summed E-state index contributed by atoms with van der Waals surface area (Å²) in [5.74, 6) is 0.955. The third-order valence-electron chi connectivity index (χ3n) is 6.48. The molecule has 3 N–H and O–H groups in total. The van der Waals surface area contributed by atoms with Gasteiger partial charge < -0.3 is 20.1 Å². The zero-order chi connectivity index (χ0) is 29.1. The lowest BCUT2D eigenvalue weighted by Crippen LogP contribution is -2.53. The Bertz CT molecular complexity index is 1190. The van der Waals surface area contributed by atoms with Gasteiger partial charge in [0.25, 0.3) is 0 Å². The predicted octanol–water partition coefficient (Wildman–Crippen LogP) is 6.15. The average molecular weight is 558 g/mol. The number of halogens is 3. The van der Waals surface area contributed by atoms with Crippen molar-refractivity contribution in [1.29, 1.82) is 0 Å². The molecule has 0 aliphatic rings. The molecule has 0 aliphatic carbocycles. The summed E-state index contributed by atoms with van der Waals surface area (Å²) in [6, 6.07) is 18.5. The van der Waals surface area contributed by atoms with E-state index in [1.54, 1.807) is 68.8 Å². The van der Waals surface area contributed by atoms with Crippen LogP contribution >= 0.6 is 0 Å². The third kappa shape index (κ3) is 9.19. The van der Waals surface area contributed by atoms with Crippen LogP contribution in [0.15, 0.2) is 78.9 Å². The molecule has 0 bridgehead atoms. The monoisotopic (exact) mass is 557 g/mol. The number of amides is 1. The second-order valence-corrected chi connectivity index (χ2v) is 10.1. The largest absolute Gasteiger partial charge is 0.497 e. The Morgan fingerprint density at radius 2 is 1.55 bits per heavy atom. The molecule has 0 saturated heterocycles. The quantitative estimate of drug-likeness (QED) is 0.222. The molecule has 0 aliphatic heterocycles. The highest BCUT2D eigenvalue weighted by molar-refractivity contribution is 5.82. The van der Waals surface area contributed by atoms with E-state index >= 15 is 0 Å². The highest BCUT2D eigenvalue weighted by Gasteiger charge is 2.43. The number of hydrogen-bond acceptors (Lipinski definition) is 5. The maximum Gasteiger partial charge on any atom is 0.407 e. The smallest absolute Gasteiger partial charge is 0.407 e. The Labute approximate surface area is 234 Å². The molecule has 3 aromatic carbocycles. The van der Waals surface area contributed by atoms with Crippen molar-refractivity contribution in [3.8, 4) is 11.5 Å². The van der Waals surface area contributed by atoms with Crippen molar-refractivity contribution in [2.24, 2.45) is 5.92 Å². The molecule has 0 spiro atoms. The molecule has 6 nitrogen and oxygen atoms in total. The van der Waals surface area contributed by atoms with E-state index in [0.29, 0.717) is 30.2 Å². The maximum atomic E-state index is 14.2. The summed E-state index contributed by atoms with van der Waals surface area (Å²) in [5, 5.41) is 8.95. The first-order chi connectivity index (χ1) is 19.1. The Morgan fingerprint density at radius 1 is 0.900 bits per heavy atom. The van der Waals surface area contributed by atoms with Crippen LogP contribution in [0, 0.1) is 5.92 Å². The molecule has 3 aromatic rings. The summed E-state index contributed by atoms with van der Waals surface area (Å²) in [7, 11) is 3.12. The van der Waals surface area contributed by atoms with Gasteiger partial charge in [-0.25, -0.2) is 0 Å². The Morgan fingerprint density at radius 3 is 2.12 bits per heavy atom. The number of benzene rings is 3. The zero-order valence-electron chi connectivity index (χ0n) is 23.3. The number of nitrogens with one attached hydrogen (secondary N) is 3. The van der Waals surface area contributed by atoms with Crippen molar-refractivity contribution >= 4 is 11.6 Å². The van der Waals surface area contributed by atoms with Crippen LogP contribution in [0.3, 0.4) is 0 Å². The van der Waals surface area contributed by atoms with Crippen LogP contribution in [0.25, 0.3) is 0 Å². The van der Waals surface area contributed by atoms with Gasteiger partial charge >= 0.3 is 6.18 Å². The van der Waals surface area contributed by atoms with Crippen molar-refractivity contribution in [3.63, 3.8) is 0 Å². The first-order valence-electron chi connectivity index (χ1n) is 13.3. The van der Waals surface area contributed by atoms with Gasteiger partial charge in [0.05, 0.1) is 25.9 Å². The van der Waals surface area contributed by atoms with E-state index in [4.69, 9.17) is 9.47 Å². The van der Waals surface area contributed by atoms with Gasteiger partial charge in [-0.2, -0.15) is 13.2 Å². The topological polar surface area (TPSA) is 71.6 Å². The van der Waals surface area contributed by atoms with E-state index in [1.165, 1.54) is 12.1 Å². The second-order valence-electron chi connectivity index (χ2n) is 10.1. The molecule has 0 saturated carbocycles. The molecule has 0 heterocycles. The lowest BCUT2D eigenvalue weighted by molar-refractivity contribution is -0.161. The normalized spacial score (nSPS) is 13.8. The molecule has 40 heavy (non-hydrogen) atoms. The minimum atomic E-state index is -4.60. The second kappa shape index (κ2) is 14.6. The van der Waals surface area contributed by atoms with E-state index in [-0.39, 0.29) is 23.9 Å². The number of ether oxygens (including phenoxy) is 2. The summed E-state index contributed by atoms with van der Waals surface area (Å²) in [6.45, 7) is 4.41. The number of hydrogen-bond donors (Lipinski definition) is 3. The Hall–Kier alpha value is -3.72. The van der Waals surface area contributed by atoms with E-state index in [2.05, 4.69) is 16.0 Å². The lowest BCUT2D eigenvalue weighted by Gasteiger charge is -2.30. The SMILES string of the molecule is COc1ccc(NC[C@H](CC(C)C)NC(=O)[C@H](Cc2ccccc2)N[C@@H](c2ccccc2)C(F)(F)F)c(OC)c1. The highest BCUT2D eigenvalue weighted by atomic mass is 19.4. The van der Waals surface area contributed by atoms with Crippen molar-refractivity contribution < 1.29 is 27.4 Å². The van der Waals surface area contributed by atoms with Gasteiger partial charge in [-0.3, -0.25) is 10.1 Å². The Kier molecular flexibility index (Phi) is 11.3. The molecule has 0 unspecified atom stereocenters. The van der Waals surface area contributed by atoms with Crippen LogP contribution in [-0.4, -0.2) is 44.9 Å². The fraction of sp³-hybridized carbons (Fsp3) is 0.387. The van der Waals surface area contributed by atoms with Gasteiger partial charge in [-0.15, -0.1) is 0 Å². The fourth-order valence-electron chi connectivity index (χ4n) is 4.55. The molecule has 9 heteroatoms. The summed E-state index contributed by atoms with van der Waals surface area (Å²) >= 11 is 0. The summed E-state index contributed by atoms with van der Waals surface area (Å²) in [5.41, 5.74) is 1.52. The van der Waals surface area contributed by atoms with E-state index in [9.17, 15) is 18.0 Å². The summed E-state index contributed by atoms with van der Waals surface area (Å²) < 4.78 is 53.3. The number of carbonyl (C=O) groups is 1. The Balaban J connectivity index is 1.83. The number of anilines is 1. The highest BCUT2D eigenvalue weighted by Crippen LogP contribution is 2.33. The van der Waals surface area contributed by atoms with Crippen LogP contribution in [0.1, 0.15) is 37.4 Å². The molecule has 216 valence electrons. The fourth-order valence-corrected chi connectivity index (χ4v) is 4.55. The van der Waals surface area contributed by atoms with Gasteiger partial charge in [0, 0.05) is 18.7 Å². The standard InChI is InChI=1S/C31H38F3N3O3/c1-21(2)17-24(20-35-26-16-15-25(39-3)19-28(26)40-4)36-30(38)27(18-22-11-7-5-8-12-22)37-29(31(32,33)34)23-13-9-6-10-14-23/h5-16,19,21,24,27,29,35,37H,17-18,20H2,1-4H3,(H,36,38)/t24-,27-,29-/m0/s1. The molecule has 1 amide bonds. The third-order valence-corrected chi connectivity index (χ3v) is 6.48. The van der Waals surface area contributed by atoms with Crippen molar-refractivity contribution in [1.82, 2.24) is 10.6 Å². The van der Waals surface area contributed by atoms with Crippen LogP contribution in [0.2, 0.25) is 0 Å². The van der Waals surface area contributed by atoms with Gasteiger partial charge in [0.2, 0.25) is 5.91 Å². The predicted molar refractivity (Wildman–Crippen MR) is 152 cm³/mol. The first-order valence-corrected chi connectivity index (χ1v) is 13.3. The number of rotatable bonds is 14. The van der Waals surface area contributed by atoms with E-state index in [1.807, 2.05) is 26.0 Å². The molecule has 0 fully saturated rings. The van der Waals surface area contributed by atoms with Crippen LogP contribution in [0.4, 0.5) is 18.9 Å². The average Bonchev–Trinajstić information content (AvgIpc) is 2.93. The number of methoxy groups -OCH3 is 2. The van der Waals surface area contributed by atoms with Crippen LogP contribution in [-0.2, 0) is 11.2 Å². The molecule has 3 atom stereocenters. The van der Waals surface area contributed by atoms with Gasteiger partial charge in [-0.1, -0.05) is 74.5 Å². The van der Waals surface area contributed by atoms with Gasteiger partial charge in [0.1, 0.15) is 17.5 Å². The van der Waals surface area contributed by atoms with Crippen molar-refractivity contribution in [3.05, 3.63) is 90.0 Å². The van der Waals surface area contributed by atoms with Gasteiger partial charge in [-0.05, 0) is 42.0 Å². The number of carbonyl (C=O) groups excluding carboxylic acids is 1. The number of alkyl halides is 3. The molecule has 0 aromatic heterocycles. The van der Waals surface area contributed by atoms with Gasteiger partial charge in [0.15, 0.2) is 0 Å². The minimum Gasteiger partial charge on any atom is -0.497 e. The molecular weight excluding hydrogens is 519 g/mol. The summed E-state index contributed by atoms with van der Waals surface area (Å²) in [4.78, 5) is 13.6. The van der Waals surface area contributed by atoms with Crippen molar-refractivity contribution in [2.75, 3.05) is 26.1 Å². The van der Waals surface area contributed by atoms with Crippen LogP contribution < -0.4 is 25.4 Å². The minimum absolute atomic E-state index is 0.0489.